The summed E-state index contributed by atoms with van der Waals surface area (Å²) in [6, 6.07) is 5.65. The largest absolute Gasteiger partial charge is 0.326 e. The van der Waals surface area contributed by atoms with Crippen LogP contribution in [0.5, 0.6) is 0 Å². The molecule has 0 radical (unpaired) electrons. The Bertz CT molecular complexity index is 763. The Morgan fingerprint density at radius 2 is 2.04 bits per heavy atom. The fraction of sp³-hybridized carbons (Fsp3) is 0.526. The molecule has 0 bridgehead atoms. The highest BCUT2D eigenvalue weighted by atomic mass is 16.2. The molecule has 1 saturated heterocycles. The van der Waals surface area contributed by atoms with Gasteiger partial charge in [-0.25, -0.2) is 0 Å². The number of hydrogen-bond donors (Lipinski definition) is 3. The number of carbonyl (C=O) groups is 3. The van der Waals surface area contributed by atoms with Crippen molar-refractivity contribution in [2.75, 3.05) is 0 Å². The summed E-state index contributed by atoms with van der Waals surface area (Å²) < 4.78 is 0. The molecule has 138 valence electrons. The van der Waals surface area contributed by atoms with Gasteiger partial charge in [-0.2, -0.15) is 0 Å². The quantitative estimate of drug-likeness (QED) is 0.678. The minimum Gasteiger partial charge on any atom is -0.326 e. The van der Waals surface area contributed by atoms with Gasteiger partial charge < -0.3 is 16.0 Å². The molecule has 1 aromatic rings. The second kappa shape index (κ2) is 6.81. The first-order valence-corrected chi connectivity index (χ1v) is 9.29. The molecule has 7 nitrogen and oxygen atoms in total. The van der Waals surface area contributed by atoms with E-state index in [1.165, 1.54) is 0 Å². The van der Waals surface area contributed by atoms with E-state index in [1.54, 1.807) is 4.90 Å². The smallest absolute Gasteiger partial charge is 0.255 e. The van der Waals surface area contributed by atoms with Crippen LogP contribution in [0.3, 0.4) is 0 Å². The van der Waals surface area contributed by atoms with Gasteiger partial charge >= 0.3 is 0 Å². The summed E-state index contributed by atoms with van der Waals surface area (Å²) in [5.41, 5.74) is 8.83. The monoisotopic (exact) mass is 356 g/mol. The van der Waals surface area contributed by atoms with E-state index in [9.17, 15) is 14.4 Å². The first kappa shape index (κ1) is 17.2. The molecule has 1 saturated carbocycles. The summed E-state index contributed by atoms with van der Waals surface area (Å²) >= 11 is 0. The van der Waals surface area contributed by atoms with Crippen LogP contribution in [0, 0.1) is 0 Å². The van der Waals surface area contributed by atoms with E-state index in [0.29, 0.717) is 31.1 Å². The van der Waals surface area contributed by atoms with Gasteiger partial charge in [0.2, 0.25) is 11.8 Å². The number of nitrogens with zero attached hydrogens (tertiary/aromatic N) is 1. The maximum absolute atomic E-state index is 12.8. The molecule has 4 rings (SSSR count). The number of fused-ring (bicyclic) bond motifs is 1. The number of piperidine rings is 1. The number of carbonyl (C=O) groups excluding carboxylic acids is 3. The molecular formula is C19H24N4O3. The van der Waals surface area contributed by atoms with Gasteiger partial charge in [0, 0.05) is 37.2 Å². The molecule has 3 aliphatic rings. The molecule has 3 unspecified atom stereocenters. The lowest BCUT2D eigenvalue weighted by Crippen LogP contribution is -2.52. The Kier molecular flexibility index (Phi) is 4.50. The van der Waals surface area contributed by atoms with Crippen molar-refractivity contribution in [2.45, 2.75) is 63.3 Å². The lowest BCUT2D eigenvalue weighted by molar-refractivity contribution is -0.136. The Labute approximate surface area is 152 Å². The summed E-state index contributed by atoms with van der Waals surface area (Å²) in [5, 5.41) is 5.86. The topological polar surface area (TPSA) is 105 Å². The fourth-order valence-electron chi connectivity index (χ4n) is 4.30. The highest BCUT2D eigenvalue weighted by Gasteiger charge is 2.39. The van der Waals surface area contributed by atoms with Crippen molar-refractivity contribution in [3.8, 4) is 0 Å². The number of amides is 3. The molecule has 3 amide bonds. The zero-order valence-corrected chi connectivity index (χ0v) is 14.7. The average molecular weight is 356 g/mol. The molecule has 2 aliphatic heterocycles. The third-order valence-corrected chi connectivity index (χ3v) is 5.80. The predicted octanol–water partition coefficient (Wildman–Crippen LogP) is 0.417. The molecule has 1 aliphatic carbocycles. The number of hydrogen-bond acceptors (Lipinski definition) is 5. The highest BCUT2D eigenvalue weighted by molar-refractivity contribution is 6.05. The fourth-order valence-corrected chi connectivity index (χ4v) is 4.30. The minimum atomic E-state index is -0.573. The van der Waals surface area contributed by atoms with Gasteiger partial charge in [-0.05, 0) is 36.5 Å². The summed E-state index contributed by atoms with van der Waals surface area (Å²) in [7, 11) is 0. The van der Waals surface area contributed by atoms with Crippen molar-refractivity contribution >= 4 is 17.7 Å². The molecule has 2 fully saturated rings. The first-order valence-electron chi connectivity index (χ1n) is 9.29. The average Bonchev–Trinajstić information content (AvgIpc) is 3.17. The van der Waals surface area contributed by atoms with Gasteiger partial charge in [-0.15, -0.1) is 0 Å². The lowest BCUT2D eigenvalue weighted by Gasteiger charge is -2.29. The van der Waals surface area contributed by atoms with Crippen molar-refractivity contribution in [1.29, 1.82) is 0 Å². The highest BCUT2D eigenvalue weighted by Crippen LogP contribution is 2.30. The summed E-state index contributed by atoms with van der Waals surface area (Å²) in [6.45, 7) is 1.08. The van der Waals surface area contributed by atoms with Crippen LogP contribution in [0.1, 0.15) is 53.6 Å². The van der Waals surface area contributed by atoms with E-state index in [0.717, 1.165) is 30.4 Å². The molecule has 3 atom stereocenters. The number of benzene rings is 1. The van der Waals surface area contributed by atoms with E-state index in [2.05, 4.69) is 10.6 Å². The van der Waals surface area contributed by atoms with Crippen molar-refractivity contribution < 1.29 is 14.4 Å². The molecule has 0 spiro atoms. The van der Waals surface area contributed by atoms with Crippen LogP contribution in [-0.2, 0) is 22.7 Å². The van der Waals surface area contributed by atoms with E-state index in [4.69, 9.17) is 5.73 Å². The Morgan fingerprint density at radius 3 is 2.77 bits per heavy atom. The van der Waals surface area contributed by atoms with Crippen LogP contribution in [0.2, 0.25) is 0 Å². The van der Waals surface area contributed by atoms with Gasteiger partial charge in [-0.3, -0.25) is 19.7 Å². The zero-order valence-electron chi connectivity index (χ0n) is 14.7. The third-order valence-electron chi connectivity index (χ3n) is 5.80. The van der Waals surface area contributed by atoms with Crippen molar-refractivity contribution in [1.82, 2.24) is 15.5 Å². The maximum Gasteiger partial charge on any atom is 0.255 e. The molecule has 1 aromatic carbocycles. The SMILES string of the molecule is NC1CCCC1NCc1cccc2c1CN(C1CCC(=O)NC1=O)C2=O. The van der Waals surface area contributed by atoms with Crippen LogP contribution in [0.15, 0.2) is 18.2 Å². The summed E-state index contributed by atoms with van der Waals surface area (Å²) in [6.07, 6.45) is 3.93. The number of rotatable bonds is 4. The van der Waals surface area contributed by atoms with Crippen LogP contribution in [0.25, 0.3) is 0 Å². The molecule has 26 heavy (non-hydrogen) atoms. The normalized spacial score (nSPS) is 28.4. The number of nitrogens with two attached hydrogens (primary N) is 1. The molecule has 0 aromatic heterocycles. The standard InChI is InChI=1S/C19H24N4O3/c20-14-5-2-6-15(14)21-9-11-3-1-4-12-13(11)10-23(19(12)26)16-7-8-17(24)22-18(16)25/h1,3-4,14-16,21H,2,5-10,20H2,(H,22,24,25). The number of imide groups is 1. The molecular weight excluding hydrogens is 332 g/mol. The minimum absolute atomic E-state index is 0.131. The van der Waals surface area contributed by atoms with E-state index < -0.39 is 6.04 Å². The van der Waals surface area contributed by atoms with Gasteiger partial charge in [0.25, 0.3) is 5.91 Å². The Morgan fingerprint density at radius 1 is 1.19 bits per heavy atom. The van der Waals surface area contributed by atoms with E-state index in [-0.39, 0.29) is 30.2 Å². The van der Waals surface area contributed by atoms with Crippen molar-refractivity contribution in [3.05, 3.63) is 34.9 Å². The molecule has 2 heterocycles. The van der Waals surface area contributed by atoms with Gasteiger partial charge in [-0.1, -0.05) is 18.6 Å². The zero-order chi connectivity index (χ0) is 18.3. The van der Waals surface area contributed by atoms with Crippen molar-refractivity contribution in [3.63, 3.8) is 0 Å². The van der Waals surface area contributed by atoms with Crippen LogP contribution >= 0.6 is 0 Å². The second-order valence-corrected chi connectivity index (χ2v) is 7.43. The first-order chi connectivity index (χ1) is 12.5. The van der Waals surface area contributed by atoms with Gasteiger partial charge in [0.15, 0.2) is 0 Å². The van der Waals surface area contributed by atoms with Crippen molar-refractivity contribution in [2.24, 2.45) is 5.73 Å². The number of nitrogens with one attached hydrogen (secondary N) is 2. The second-order valence-electron chi connectivity index (χ2n) is 7.43. The molecule has 7 heteroatoms. The van der Waals surface area contributed by atoms with Crippen LogP contribution in [-0.4, -0.2) is 40.7 Å². The Balaban J connectivity index is 1.50. The van der Waals surface area contributed by atoms with Crippen LogP contribution < -0.4 is 16.4 Å². The lowest BCUT2D eigenvalue weighted by atomic mass is 10.0. The third kappa shape index (κ3) is 3.01. The maximum atomic E-state index is 12.8. The predicted molar refractivity (Wildman–Crippen MR) is 94.9 cm³/mol. The summed E-state index contributed by atoms with van der Waals surface area (Å²) in [4.78, 5) is 37.9. The molecule has 4 N–H and O–H groups in total. The summed E-state index contributed by atoms with van der Waals surface area (Å²) in [5.74, 6) is -0.777. The van der Waals surface area contributed by atoms with E-state index in [1.807, 2.05) is 18.2 Å². The van der Waals surface area contributed by atoms with Gasteiger partial charge in [0.05, 0.1) is 0 Å². The van der Waals surface area contributed by atoms with Gasteiger partial charge in [0.1, 0.15) is 6.04 Å². The van der Waals surface area contributed by atoms with E-state index >= 15 is 0 Å². The van der Waals surface area contributed by atoms with Crippen LogP contribution in [0.4, 0.5) is 0 Å². The Hall–Kier alpha value is -2.25.